The van der Waals surface area contributed by atoms with E-state index in [-0.39, 0.29) is 5.91 Å². The number of nitrogens with zero attached hydrogens (tertiary/aromatic N) is 1. The van der Waals surface area contributed by atoms with Gasteiger partial charge in [-0.1, -0.05) is 36.4 Å². The summed E-state index contributed by atoms with van der Waals surface area (Å²) in [6.07, 6.45) is 0.866. The molecule has 19 heavy (non-hydrogen) atoms. The highest BCUT2D eigenvalue weighted by Crippen LogP contribution is 2.17. The number of hydrogen-bond donors (Lipinski definition) is 0. The molecule has 0 fully saturated rings. The molecule has 0 atom stereocenters. The van der Waals surface area contributed by atoms with Crippen molar-refractivity contribution in [2.24, 2.45) is 0 Å². The van der Waals surface area contributed by atoms with Crippen LogP contribution in [0.3, 0.4) is 0 Å². The van der Waals surface area contributed by atoms with Gasteiger partial charge in [-0.2, -0.15) is 0 Å². The van der Waals surface area contributed by atoms with Crippen LogP contribution in [-0.2, 0) is 6.42 Å². The summed E-state index contributed by atoms with van der Waals surface area (Å²) in [7, 11) is 0. The molecular formula is C17H13NO. The van der Waals surface area contributed by atoms with Gasteiger partial charge in [-0.25, -0.2) is 0 Å². The third-order valence-electron chi connectivity index (χ3n) is 3.21. The topological polar surface area (TPSA) is 20.3 Å². The van der Waals surface area contributed by atoms with Gasteiger partial charge < -0.3 is 0 Å². The zero-order valence-electron chi connectivity index (χ0n) is 10.5. The highest BCUT2D eigenvalue weighted by molar-refractivity contribution is 5.97. The largest absolute Gasteiger partial charge is 0.268 e. The van der Waals surface area contributed by atoms with E-state index in [0.29, 0.717) is 6.54 Å². The normalized spacial score (nSPS) is 13.5. The van der Waals surface area contributed by atoms with E-state index in [0.717, 1.165) is 23.1 Å². The number of benzene rings is 2. The molecule has 0 spiro atoms. The van der Waals surface area contributed by atoms with Crippen LogP contribution in [0.1, 0.15) is 21.5 Å². The molecule has 1 aliphatic rings. The molecule has 0 unspecified atom stereocenters. The Morgan fingerprint density at radius 3 is 2.53 bits per heavy atom. The Balaban J connectivity index is 1.86. The van der Waals surface area contributed by atoms with Crippen LogP contribution in [0.15, 0.2) is 54.6 Å². The van der Waals surface area contributed by atoms with Crippen LogP contribution >= 0.6 is 0 Å². The van der Waals surface area contributed by atoms with Crippen molar-refractivity contribution in [1.82, 2.24) is 4.90 Å². The molecule has 92 valence electrons. The Labute approximate surface area is 112 Å². The van der Waals surface area contributed by atoms with Crippen LogP contribution in [0, 0.1) is 12.0 Å². The molecule has 0 saturated carbocycles. The van der Waals surface area contributed by atoms with E-state index in [4.69, 9.17) is 0 Å². The van der Waals surface area contributed by atoms with Gasteiger partial charge in [0.05, 0.1) is 0 Å². The van der Waals surface area contributed by atoms with E-state index in [1.54, 1.807) is 4.90 Å². The van der Waals surface area contributed by atoms with Gasteiger partial charge in [-0.3, -0.25) is 9.69 Å². The first-order valence-electron chi connectivity index (χ1n) is 6.31. The molecule has 0 N–H and O–H groups in total. The van der Waals surface area contributed by atoms with Gasteiger partial charge >= 0.3 is 0 Å². The fourth-order valence-electron chi connectivity index (χ4n) is 2.19. The summed E-state index contributed by atoms with van der Waals surface area (Å²) in [6.45, 7) is 0.662. The Bertz CT molecular complexity index is 664. The van der Waals surface area contributed by atoms with Crippen LogP contribution in [-0.4, -0.2) is 17.4 Å². The molecular weight excluding hydrogens is 234 g/mol. The van der Waals surface area contributed by atoms with E-state index >= 15 is 0 Å². The highest BCUT2D eigenvalue weighted by Gasteiger charge is 2.22. The van der Waals surface area contributed by atoms with Crippen molar-refractivity contribution in [3.05, 3.63) is 71.3 Å². The van der Waals surface area contributed by atoms with Gasteiger partial charge in [0.2, 0.25) is 0 Å². The van der Waals surface area contributed by atoms with Gasteiger partial charge in [-0.05, 0) is 36.1 Å². The molecule has 0 aromatic heterocycles. The Morgan fingerprint density at radius 1 is 0.947 bits per heavy atom. The fourth-order valence-corrected chi connectivity index (χ4v) is 2.19. The fraction of sp³-hybridized carbons (Fsp3) is 0.118. The predicted molar refractivity (Wildman–Crippen MR) is 74.5 cm³/mol. The second-order valence-electron chi connectivity index (χ2n) is 4.47. The lowest BCUT2D eigenvalue weighted by molar-refractivity contribution is 0.0822. The molecule has 1 aliphatic heterocycles. The quantitative estimate of drug-likeness (QED) is 0.655. The Hall–Kier alpha value is -2.53. The molecule has 0 bridgehead atoms. The molecule has 2 nitrogen and oxygen atoms in total. The number of fused-ring (bicyclic) bond motifs is 1. The lowest BCUT2D eigenvalue weighted by Crippen LogP contribution is -2.33. The second-order valence-corrected chi connectivity index (χ2v) is 4.47. The SMILES string of the molecule is O=C1c2ccccc2CCN1C#Cc1ccccc1. The summed E-state index contributed by atoms with van der Waals surface area (Å²) in [5.41, 5.74) is 2.82. The van der Waals surface area contributed by atoms with E-state index in [1.807, 2.05) is 54.6 Å². The average molecular weight is 247 g/mol. The van der Waals surface area contributed by atoms with E-state index in [9.17, 15) is 4.79 Å². The first-order chi connectivity index (χ1) is 9.34. The molecule has 0 saturated heterocycles. The van der Waals surface area contributed by atoms with Gasteiger partial charge in [-0.15, -0.1) is 0 Å². The monoisotopic (exact) mass is 247 g/mol. The Kier molecular flexibility index (Phi) is 3.04. The molecule has 0 aliphatic carbocycles. The number of amides is 1. The van der Waals surface area contributed by atoms with Crippen LogP contribution < -0.4 is 0 Å². The minimum absolute atomic E-state index is 0.00489. The number of carbonyl (C=O) groups excluding carboxylic acids is 1. The van der Waals surface area contributed by atoms with E-state index in [2.05, 4.69) is 12.0 Å². The maximum Gasteiger partial charge on any atom is 0.265 e. The maximum atomic E-state index is 12.3. The molecule has 2 heteroatoms. The third-order valence-corrected chi connectivity index (χ3v) is 3.21. The van der Waals surface area contributed by atoms with Gasteiger partial charge in [0.15, 0.2) is 0 Å². The summed E-state index contributed by atoms with van der Waals surface area (Å²) in [5.74, 6) is 3.04. The van der Waals surface area contributed by atoms with Crippen molar-refractivity contribution < 1.29 is 4.79 Å². The summed E-state index contributed by atoms with van der Waals surface area (Å²) >= 11 is 0. The lowest BCUT2D eigenvalue weighted by atomic mass is 9.99. The molecule has 2 aromatic rings. The second kappa shape index (κ2) is 4.99. The summed E-state index contributed by atoms with van der Waals surface area (Å²) in [4.78, 5) is 13.9. The average Bonchev–Trinajstić information content (AvgIpc) is 2.48. The van der Waals surface area contributed by atoms with E-state index in [1.165, 1.54) is 0 Å². The number of hydrogen-bond acceptors (Lipinski definition) is 1. The van der Waals surface area contributed by atoms with Gasteiger partial charge in [0.1, 0.15) is 0 Å². The van der Waals surface area contributed by atoms with E-state index < -0.39 is 0 Å². The smallest absolute Gasteiger partial charge is 0.265 e. The first kappa shape index (κ1) is 11.6. The molecule has 1 amide bonds. The van der Waals surface area contributed by atoms with Crippen LogP contribution in [0.5, 0.6) is 0 Å². The zero-order chi connectivity index (χ0) is 13.1. The van der Waals surface area contributed by atoms with Crippen molar-refractivity contribution in [3.63, 3.8) is 0 Å². The number of carbonyl (C=O) groups is 1. The van der Waals surface area contributed by atoms with Crippen molar-refractivity contribution in [1.29, 1.82) is 0 Å². The molecule has 3 rings (SSSR count). The molecule has 2 aromatic carbocycles. The van der Waals surface area contributed by atoms with Crippen molar-refractivity contribution in [2.45, 2.75) is 6.42 Å². The number of rotatable bonds is 0. The van der Waals surface area contributed by atoms with Crippen molar-refractivity contribution in [3.8, 4) is 12.0 Å². The molecule has 1 heterocycles. The lowest BCUT2D eigenvalue weighted by Gasteiger charge is -2.23. The van der Waals surface area contributed by atoms with Crippen LogP contribution in [0.2, 0.25) is 0 Å². The highest BCUT2D eigenvalue weighted by atomic mass is 16.2. The zero-order valence-corrected chi connectivity index (χ0v) is 10.5. The summed E-state index contributed by atoms with van der Waals surface area (Å²) in [5, 5.41) is 0. The minimum atomic E-state index is 0.00489. The standard InChI is InChI=1S/C17H13NO/c19-17-16-9-5-4-8-15(16)11-13-18(17)12-10-14-6-2-1-3-7-14/h1-9H,11,13H2. The summed E-state index contributed by atoms with van der Waals surface area (Å²) < 4.78 is 0. The predicted octanol–water partition coefficient (Wildman–Crippen LogP) is 2.69. The van der Waals surface area contributed by atoms with Gasteiger partial charge in [0, 0.05) is 23.7 Å². The molecule has 0 radical (unpaired) electrons. The summed E-state index contributed by atoms with van der Waals surface area (Å²) in [6, 6.07) is 20.4. The van der Waals surface area contributed by atoms with Crippen molar-refractivity contribution >= 4 is 5.91 Å². The minimum Gasteiger partial charge on any atom is -0.268 e. The van der Waals surface area contributed by atoms with Crippen LogP contribution in [0.4, 0.5) is 0 Å². The Morgan fingerprint density at radius 2 is 1.68 bits per heavy atom. The maximum absolute atomic E-state index is 12.3. The van der Waals surface area contributed by atoms with Crippen LogP contribution in [0.25, 0.3) is 0 Å². The first-order valence-corrected chi connectivity index (χ1v) is 6.31. The third kappa shape index (κ3) is 2.36. The van der Waals surface area contributed by atoms with Gasteiger partial charge in [0.25, 0.3) is 5.91 Å². The van der Waals surface area contributed by atoms with Crippen molar-refractivity contribution in [2.75, 3.05) is 6.54 Å².